The number of nitrogens with zero attached hydrogens (tertiary/aromatic N) is 3. The predicted octanol–water partition coefficient (Wildman–Crippen LogP) is 3.36. The van der Waals surface area contributed by atoms with Crippen molar-refractivity contribution in [1.82, 2.24) is 25.8 Å². The fraction of sp³-hybridized carbons (Fsp3) is 0.450. The highest BCUT2D eigenvalue weighted by Crippen LogP contribution is 2.22. The van der Waals surface area contributed by atoms with Crippen LogP contribution >= 0.6 is 0 Å². The van der Waals surface area contributed by atoms with Crippen LogP contribution in [0.4, 0.5) is 0 Å². The number of benzene rings is 1. The highest BCUT2D eigenvalue weighted by molar-refractivity contribution is 5.79. The van der Waals surface area contributed by atoms with Crippen LogP contribution < -0.4 is 10.6 Å². The van der Waals surface area contributed by atoms with Gasteiger partial charge in [0, 0.05) is 32.0 Å². The van der Waals surface area contributed by atoms with Crippen LogP contribution in [0.5, 0.6) is 0 Å². The number of aromatic amines is 1. The van der Waals surface area contributed by atoms with Gasteiger partial charge >= 0.3 is 0 Å². The number of guanidine groups is 1. The molecule has 3 rings (SSSR count). The molecule has 7 nitrogen and oxygen atoms in total. The highest BCUT2D eigenvalue weighted by Gasteiger charge is 2.13. The number of rotatable bonds is 8. The maximum atomic E-state index is 5.44. The first-order valence-electron chi connectivity index (χ1n) is 9.57. The molecule has 0 spiro atoms. The van der Waals surface area contributed by atoms with Gasteiger partial charge in [0.05, 0.1) is 23.3 Å². The van der Waals surface area contributed by atoms with Gasteiger partial charge in [-0.15, -0.1) is 0 Å². The second kappa shape index (κ2) is 9.21. The van der Waals surface area contributed by atoms with Crippen molar-refractivity contribution in [2.45, 2.75) is 45.6 Å². The summed E-state index contributed by atoms with van der Waals surface area (Å²) in [4.78, 5) is 12.2. The first kappa shape index (κ1) is 18.9. The molecule has 0 fully saturated rings. The van der Waals surface area contributed by atoms with Gasteiger partial charge in [-0.25, -0.2) is 4.98 Å². The van der Waals surface area contributed by atoms with Crippen molar-refractivity contribution in [2.24, 2.45) is 4.99 Å². The third-order valence-electron chi connectivity index (χ3n) is 4.73. The number of aliphatic imine (C=N–C) groups is 1. The number of fused-ring (bicyclic) bond motifs is 1. The van der Waals surface area contributed by atoms with E-state index in [1.807, 2.05) is 30.3 Å². The number of aromatic nitrogens is 3. The molecule has 0 aliphatic heterocycles. The lowest BCUT2D eigenvalue weighted by molar-refractivity contribution is 0.368. The Morgan fingerprint density at radius 3 is 2.78 bits per heavy atom. The summed E-state index contributed by atoms with van der Waals surface area (Å²) in [6.07, 6.45) is 2.93. The van der Waals surface area contributed by atoms with Gasteiger partial charge in [0.2, 0.25) is 0 Å². The molecular formula is C20H28N6O. The molecule has 0 unspecified atom stereocenters. The van der Waals surface area contributed by atoms with Gasteiger partial charge in [0.25, 0.3) is 0 Å². The summed E-state index contributed by atoms with van der Waals surface area (Å²) in [6, 6.07) is 10.1. The molecule has 0 atom stereocenters. The molecule has 1 aromatic carbocycles. The van der Waals surface area contributed by atoms with Gasteiger partial charge in [-0.3, -0.25) is 4.99 Å². The molecule has 144 valence electrons. The van der Waals surface area contributed by atoms with Crippen molar-refractivity contribution in [3.63, 3.8) is 0 Å². The van der Waals surface area contributed by atoms with E-state index in [2.05, 4.69) is 44.6 Å². The van der Waals surface area contributed by atoms with E-state index in [-0.39, 0.29) is 0 Å². The van der Waals surface area contributed by atoms with Gasteiger partial charge in [-0.2, -0.15) is 0 Å². The molecule has 2 heterocycles. The van der Waals surface area contributed by atoms with Crippen LogP contribution in [-0.2, 0) is 13.0 Å². The van der Waals surface area contributed by atoms with E-state index in [1.165, 1.54) is 0 Å². The van der Waals surface area contributed by atoms with E-state index in [4.69, 9.17) is 4.52 Å². The molecule has 3 aromatic rings. The van der Waals surface area contributed by atoms with E-state index in [0.717, 1.165) is 60.1 Å². The van der Waals surface area contributed by atoms with E-state index in [1.54, 1.807) is 7.05 Å². The smallest absolute Gasteiger partial charge is 0.191 e. The standard InChI is InChI=1S/C20H28N6O/c1-4-14(5-2)18-12-15(27-26-18)13-23-20(21-3)22-11-10-19-24-16-8-6-7-9-17(16)25-19/h6-9,12,14H,4-5,10-11,13H2,1-3H3,(H,24,25)(H2,21,22,23). The van der Waals surface area contributed by atoms with E-state index >= 15 is 0 Å². The van der Waals surface area contributed by atoms with Crippen LogP contribution in [0.2, 0.25) is 0 Å². The summed E-state index contributed by atoms with van der Waals surface area (Å²) in [5.41, 5.74) is 3.09. The van der Waals surface area contributed by atoms with Crippen molar-refractivity contribution in [1.29, 1.82) is 0 Å². The van der Waals surface area contributed by atoms with Crippen molar-refractivity contribution in [2.75, 3.05) is 13.6 Å². The molecule has 3 N–H and O–H groups in total. The van der Waals surface area contributed by atoms with Crippen LogP contribution in [0.1, 0.15) is 49.9 Å². The van der Waals surface area contributed by atoms with Crippen molar-refractivity contribution in [3.05, 3.63) is 47.6 Å². The first-order chi connectivity index (χ1) is 13.2. The Morgan fingerprint density at radius 1 is 1.22 bits per heavy atom. The molecule has 7 heteroatoms. The highest BCUT2D eigenvalue weighted by atomic mass is 16.5. The summed E-state index contributed by atoms with van der Waals surface area (Å²) in [5, 5.41) is 10.8. The first-order valence-corrected chi connectivity index (χ1v) is 9.57. The number of nitrogens with one attached hydrogen (secondary N) is 3. The van der Waals surface area contributed by atoms with Gasteiger partial charge in [0.15, 0.2) is 11.7 Å². The summed E-state index contributed by atoms with van der Waals surface area (Å²) in [7, 11) is 1.76. The van der Waals surface area contributed by atoms with Crippen LogP contribution in [-0.4, -0.2) is 34.7 Å². The zero-order chi connectivity index (χ0) is 19.1. The Morgan fingerprint density at radius 2 is 2.04 bits per heavy atom. The van der Waals surface area contributed by atoms with Crippen LogP contribution in [0.15, 0.2) is 39.8 Å². The number of hydrogen-bond acceptors (Lipinski definition) is 4. The number of para-hydroxylation sites is 2. The van der Waals surface area contributed by atoms with Crippen molar-refractivity contribution in [3.8, 4) is 0 Å². The van der Waals surface area contributed by atoms with Crippen LogP contribution in [0, 0.1) is 0 Å². The molecule has 0 aliphatic carbocycles. The minimum Gasteiger partial charge on any atom is -0.359 e. The van der Waals surface area contributed by atoms with Crippen molar-refractivity contribution >= 4 is 17.0 Å². The summed E-state index contributed by atoms with van der Waals surface area (Å²) >= 11 is 0. The average Bonchev–Trinajstić information content (AvgIpc) is 3.32. The third-order valence-corrected chi connectivity index (χ3v) is 4.73. The SMILES string of the molecule is CCC(CC)c1cc(CNC(=NC)NCCc2nc3ccccc3[nH]2)on1. The molecule has 0 amide bonds. The molecule has 2 aromatic heterocycles. The summed E-state index contributed by atoms with van der Waals surface area (Å²) < 4.78 is 5.44. The lowest BCUT2D eigenvalue weighted by Crippen LogP contribution is -2.37. The Balaban J connectivity index is 1.46. The van der Waals surface area contributed by atoms with Gasteiger partial charge < -0.3 is 20.1 Å². The van der Waals surface area contributed by atoms with Crippen LogP contribution in [0.25, 0.3) is 11.0 Å². The van der Waals surface area contributed by atoms with E-state index in [9.17, 15) is 0 Å². The Hall–Kier alpha value is -2.83. The second-order valence-corrected chi connectivity index (χ2v) is 6.53. The molecule has 0 bridgehead atoms. The quantitative estimate of drug-likeness (QED) is 0.419. The third kappa shape index (κ3) is 4.87. The summed E-state index contributed by atoms with van der Waals surface area (Å²) in [6.45, 7) is 5.63. The minimum atomic E-state index is 0.462. The zero-order valence-corrected chi connectivity index (χ0v) is 16.2. The maximum Gasteiger partial charge on any atom is 0.191 e. The molecular weight excluding hydrogens is 340 g/mol. The fourth-order valence-electron chi connectivity index (χ4n) is 3.13. The molecule has 0 saturated heterocycles. The monoisotopic (exact) mass is 368 g/mol. The Bertz CT molecular complexity index is 844. The van der Waals surface area contributed by atoms with E-state index in [0.29, 0.717) is 12.5 Å². The second-order valence-electron chi connectivity index (χ2n) is 6.53. The normalized spacial score (nSPS) is 12.1. The average molecular weight is 368 g/mol. The Labute approximate surface area is 159 Å². The lowest BCUT2D eigenvalue weighted by Gasteiger charge is -2.09. The predicted molar refractivity (Wildman–Crippen MR) is 108 cm³/mol. The lowest BCUT2D eigenvalue weighted by atomic mass is 9.99. The van der Waals surface area contributed by atoms with Gasteiger partial charge in [-0.1, -0.05) is 31.1 Å². The molecule has 0 radical (unpaired) electrons. The van der Waals surface area contributed by atoms with Crippen LogP contribution in [0.3, 0.4) is 0 Å². The maximum absolute atomic E-state index is 5.44. The molecule has 0 aliphatic rings. The number of H-pyrrole nitrogens is 1. The van der Waals surface area contributed by atoms with Gasteiger partial charge in [0.1, 0.15) is 5.82 Å². The molecule has 27 heavy (non-hydrogen) atoms. The van der Waals surface area contributed by atoms with Crippen molar-refractivity contribution < 1.29 is 4.52 Å². The number of hydrogen-bond donors (Lipinski definition) is 3. The summed E-state index contributed by atoms with van der Waals surface area (Å²) in [5.74, 6) is 2.97. The largest absolute Gasteiger partial charge is 0.359 e. The molecule has 0 saturated carbocycles. The Kier molecular flexibility index (Phi) is 6.46. The zero-order valence-electron chi connectivity index (χ0n) is 16.2. The topological polar surface area (TPSA) is 91.1 Å². The fourth-order valence-corrected chi connectivity index (χ4v) is 3.13. The van der Waals surface area contributed by atoms with E-state index < -0.39 is 0 Å². The number of imidazole rings is 1. The van der Waals surface area contributed by atoms with Gasteiger partial charge in [-0.05, 0) is 25.0 Å². The minimum absolute atomic E-state index is 0.462.